The molecule has 2 aromatic rings. The van der Waals surface area contributed by atoms with E-state index in [1.165, 1.54) is 6.07 Å². The molecule has 0 atom stereocenters. The molecular weight excluding hydrogens is 490 g/mol. The molecule has 1 aromatic carbocycles. The van der Waals surface area contributed by atoms with E-state index < -0.39 is 18.8 Å². The number of halogens is 1. The van der Waals surface area contributed by atoms with Crippen LogP contribution >= 0.6 is 0 Å². The molecule has 0 spiro atoms. The van der Waals surface area contributed by atoms with Crippen LogP contribution < -0.4 is 5.59 Å². The molecular formula is C14H18BFN2O5W. The Morgan fingerprint density at radius 2 is 1.96 bits per heavy atom. The summed E-state index contributed by atoms with van der Waals surface area (Å²) in [6.45, 7) is 5.06. The van der Waals surface area contributed by atoms with Crippen LogP contribution in [0.1, 0.15) is 26.3 Å². The van der Waals surface area contributed by atoms with Gasteiger partial charge in [-0.3, -0.25) is 4.57 Å². The zero-order valence-electron chi connectivity index (χ0n) is 13.4. The Morgan fingerprint density at radius 3 is 2.42 bits per heavy atom. The van der Waals surface area contributed by atoms with Crippen molar-refractivity contribution in [2.45, 2.75) is 33.0 Å². The molecule has 0 aliphatic rings. The number of nitrogens with zero attached hydrogens (tertiary/aromatic N) is 2. The monoisotopic (exact) mass is 508 g/mol. The van der Waals surface area contributed by atoms with Crippen molar-refractivity contribution in [3.63, 3.8) is 0 Å². The first-order valence-corrected chi connectivity index (χ1v) is 8.24. The molecule has 3 N–H and O–H groups in total. The summed E-state index contributed by atoms with van der Waals surface area (Å²) in [4.78, 5) is 12.3. The number of hydrogen-bond acceptors (Lipinski definition) is 6. The molecule has 0 unspecified atom stereocenters. The van der Waals surface area contributed by atoms with Gasteiger partial charge in [-0.15, -0.1) is 0 Å². The summed E-state index contributed by atoms with van der Waals surface area (Å²) >= 11 is 0.630. The molecule has 7 nitrogen and oxygen atoms in total. The molecule has 0 bridgehead atoms. The van der Waals surface area contributed by atoms with E-state index >= 15 is 0 Å². The van der Waals surface area contributed by atoms with Gasteiger partial charge in [0.05, 0.1) is 17.7 Å². The van der Waals surface area contributed by atoms with Crippen LogP contribution in [-0.4, -0.2) is 38.5 Å². The summed E-state index contributed by atoms with van der Waals surface area (Å²) in [6, 6.07) is 6.47. The number of aromatic nitrogens is 1. The molecule has 0 aliphatic carbocycles. The van der Waals surface area contributed by atoms with Gasteiger partial charge >= 0.3 is 41.0 Å². The maximum absolute atomic E-state index is 12.3. The summed E-state index contributed by atoms with van der Waals surface area (Å²) in [5.41, 5.74) is 0.484. The second-order valence-corrected chi connectivity index (χ2v) is 6.37. The summed E-state index contributed by atoms with van der Waals surface area (Å²) < 4.78 is 18.5. The van der Waals surface area contributed by atoms with Crippen LogP contribution in [0.4, 0.5) is 9.28 Å². The van der Waals surface area contributed by atoms with Crippen LogP contribution in [-0.2, 0) is 31.0 Å². The molecule has 0 aliphatic heterocycles. The Labute approximate surface area is 149 Å². The van der Waals surface area contributed by atoms with Gasteiger partial charge in [0.25, 0.3) is 0 Å². The first-order valence-electron chi connectivity index (χ1n) is 6.93. The van der Waals surface area contributed by atoms with Crippen LogP contribution in [0.15, 0.2) is 28.0 Å². The Hall–Kier alpha value is -1.41. The maximum atomic E-state index is 12.3. The predicted octanol–water partition coefficient (Wildman–Crippen LogP) is 1.20. The molecule has 0 saturated carbocycles. The average molecular weight is 508 g/mol. The van der Waals surface area contributed by atoms with Crippen LogP contribution in [0, 0.1) is 0 Å². The summed E-state index contributed by atoms with van der Waals surface area (Å²) in [5.74, 6) is 0. The van der Waals surface area contributed by atoms with Crippen LogP contribution in [0.3, 0.4) is 0 Å². The number of aliphatic hydroxyl groups excluding tert-OH is 1. The SMILES string of the molecule is CC(C)(C)OC(=O)n1c(B(O)O)cc2cc(CO)ccc21.F[N]=[W]. The van der Waals surface area contributed by atoms with E-state index in [2.05, 4.69) is 3.72 Å². The second-order valence-electron chi connectivity index (χ2n) is 5.88. The van der Waals surface area contributed by atoms with Crippen LogP contribution in [0.5, 0.6) is 0 Å². The average Bonchev–Trinajstić information content (AvgIpc) is 2.84. The van der Waals surface area contributed by atoms with Gasteiger partial charge in [0.15, 0.2) is 0 Å². The molecule has 0 amide bonds. The molecule has 2 rings (SSSR count). The second kappa shape index (κ2) is 8.62. The number of carbonyl (C=O) groups is 1. The van der Waals surface area contributed by atoms with E-state index in [4.69, 9.17) is 9.84 Å². The van der Waals surface area contributed by atoms with E-state index in [-0.39, 0.29) is 12.2 Å². The number of carbonyl (C=O) groups excluding carboxylic acids is 1. The number of fused-ring (bicyclic) bond motifs is 1. The van der Waals surface area contributed by atoms with Gasteiger partial charge in [-0.2, -0.15) is 0 Å². The van der Waals surface area contributed by atoms with Crippen molar-refractivity contribution in [2.24, 2.45) is 3.72 Å². The first kappa shape index (κ1) is 20.6. The van der Waals surface area contributed by atoms with Gasteiger partial charge in [-0.05, 0) is 44.5 Å². The normalized spacial score (nSPS) is 10.8. The van der Waals surface area contributed by atoms with Gasteiger partial charge in [-0.1, -0.05) is 6.07 Å². The molecule has 0 fully saturated rings. The van der Waals surface area contributed by atoms with Crippen molar-refractivity contribution in [3.05, 3.63) is 29.8 Å². The molecule has 0 radical (unpaired) electrons. The zero-order chi connectivity index (χ0) is 18.5. The minimum absolute atomic E-state index is 0.0225. The van der Waals surface area contributed by atoms with Crippen molar-refractivity contribution in [2.75, 3.05) is 0 Å². The molecule has 0 saturated heterocycles. The number of hydrogen-bond donors (Lipinski definition) is 3. The quantitative estimate of drug-likeness (QED) is 0.530. The van der Waals surface area contributed by atoms with E-state index in [0.29, 0.717) is 36.1 Å². The number of benzene rings is 1. The summed E-state index contributed by atoms with van der Waals surface area (Å²) in [5, 5.41) is 28.7. The zero-order valence-corrected chi connectivity index (χ0v) is 16.4. The van der Waals surface area contributed by atoms with Gasteiger partial charge < -0.3 is 19.9 Å². The summed E-state index contributed by atoms with van der Waals surface area (Å²) in [6.07, 6.45) is -0.683. The predicted molar refractivity (Wildman–Crippen MR) is 82.9 cm³/mol. The Morgan fingerprint density at radius 1 is 1.38 bits per heavy atom. The topological polar surface area (TPSA) is 104 Å². The molecule has 24 heavy (non-hydrogen) atoms. The third kappa shape index (κ3) is 5.31. The third-order valence-corrected chi connectivity index (χ3v) is 2.92. The van der Waals surface area contributed by atoms with Crippen molar-refractivity contribution >= 4 is 29.7 Å². The van der Waals surface area contributed by atoms with E-state index in [1.807, 2.05) is 0 Å². The first-order chi connectivity index (χ1) is 11.1. The van der Waals surface area contributed by atoms with Crippen LogP contribution in [0.2, 0.25) is 0 Å². The van der Waals surface area contributed by atoms with Gasteiger partial charge in [0.1, 0.15) is 5.60 Å². The van der Waals surface area contributed by atoms with Crippen LogP contribution in [0.25, 0.3) is 10.9 Å². The van der Waals surface area contributed by atoms with E-state index in [9.17, 15) is 19.3 Å². The van der Waals surface area contributed by atoms with Gasteiger partial charge in [-0.25, -0.2) is 4.79 Å². The van der Waals surface area contributed by atoms with Crippen molar-refractivity contribution in [3.8, 4) is 0 Å². The molecule has 1 aromatic heterocycles. The number of aliphatic hydroxyl groups is 1. The fourth-order valence-corrected chi connectivity index (χ4v) is 2.09. The molecule has 130 valence electrons. The number of ether oxygens (including phenoxy) is 1. The van der Waals surface area contributed by atoms with E-state index in [0.717, 1.165) is 4.57 Å². The standard InChI is InChI=1S/C14H18BNO5.FN.W/c1-14(2,3)21-13(18)16-11-5-4-9(8-17)6-10(11)7-12(16)15(19)20;1-2;/h4-7,17,19-20H,8H2,1-3H3;;. The van der Waals surface area contributed by atoms with Gasteiger partial charge in [0, 0.05) is 5.39 Å². The van der Waals surface area contributed by atoms with Crippen molar-refractivity contribution in [1.29, 1.82) is 0 Å². The molecule has 1 heterocycles. The van der Waals surface area contributed by atoms with Gasteiger partial charge in [0.2, 0.25) is 0 Å². The van der Waals surface area contributed by atoms with E-state index in [1.54, 1.807) is 39.0 Å². The third-order valence-electron chi connectivity index (χ3n) is 2.92. The minimum atomic E-state index is -1.80. The fourth-order valence-electron chi connectivity index (χ4n) is 2.09. The Balaban J connectivity index is 0.000000891. The van der Waals surface area contributed by atoms with Crippen molar-refractivity contribution in [1.82, 2.24) is 4.57 Å². The Bertz CT molecular complexity index is 730. The molecule has 10 heteroatoms. The fraction of sp³-hybridized carbons (Fsp3) is 0.357. The summed E-state index contributed by atoms with van der Waals surface area (Å²) in [7, 11) is -1.80. The Kier molecular flexibility index (Phi) is 7.41. The number of rotatable bonds is 2. The van der Waals surface area contributed by atoms with Crippen molar-refractivity contribution < 1.29 is 48.8 Å².